The molecule has 1 atom stereocenters. The molecule has 2 rings (SSSR count). The van der Waals surface area contributed by atoms with Crippen LogP contribution in [0, 0.1) is 6.92 Å². The Bertz CT molecular complexity index is 258. The summed E-state index contributed by atoms with van der Waals surface area (Å²) in [5, 5.41) is 4.59. The number of halogens is 1. The van der Waals surface area contributed by atoms with Gasteiger partial charge in [-0.1, -0.05) is 0 Å². The van der Waals surface area contributed by atoms with Gasteiger partial charge < -0.3 is 5.32 Å². The Morgan fingerprint density at radius 2 is 2.38 bits per heavy atom. The predicted molar refractivity (Wildman–Crippen MR) is 56.7 cm³/mol. The van der Waals surface area contributed by atoms with Crippen molar-refractivity contribution in [3.63, 3.8) is 0 Å². The summed E-state index contributed by atoms with van der Waals surface area (Å²) in [4.78, 5) is 4.40. The molecule has 0 radical (unpaired) electrons. The van der Waals surface area contributed by atoms with E-state index in [4.69, 9.17) is 0 Å². The molecule has 1 aliphatic rings. The molecule has 0 aromatic carbocycles. The van der Waals surface area contributed by atoms with Crippen LogP contribution in [0.2, 0.25) is 0 Å². The largest absolute Gasteiger partial charge is 0.316 e. The lowest BCUT2D eigenvalue weighted by molar-refractivity contribution is 0.460. The molecule has 5 heteroatoms. The highest BCUT2D eigenvalue weighted by Crippen LogP contribution is 2.23. The summed E-state index contributed by atoms with van der Waals surface area (Å²) in [6, 6.07) is 0. The van der Waals surface area contributed by atoms with Crippen molar-refractivity contribution in [3.05, 3.63) is 10.8 Å². The number of piperidine rings is 1. The highest BCUT2D eigenvalue weighted by Gasteiger charge is 2.18. The lowest BCUT2D eigenvalue weighted by Gasteiger charge is -2.19. The zero-order chi connectivity index (χ0) is 8.39. The zero-order valence-corrected chi connectivity index (χ0v) is 9.25. The van der Waals surface area contributed by atoms with Crippen molar-refractivity contribution in [3.8, 4) is 0 Å². The van der Waals surface area contributed by atoms with Crippen molar-refractivity contribution in [1.82, 2.24) is 14.7 Å². The molecule has 13 heavy (non-hydrogen) atoms. The van der Waals surface area contributed by atoms with Gasteiger partial charge in [-0.3, -0.25) is 0 Å². The predicted octanol–water partition coefficient (Wildman–Crippen LogP) is 1.74. The Morgan fingerprint density at radius 3 is 2.92 bits per heavy atom. The highest BCUT2D eigenvalue weighted by molar-refractivity contribution is 7.05. The maximum Gasteiger partial charge on any atom is 0.139 e. The number of nitrogens with zero attached hydrogens (tertiary/aromatic N) is 2. The molecule has 1 aromatic rings. The first kappa shape index (κ1) is 10.9. The molecule has 1 saturated heterocycles. The fourth-order valence-corrected chi connectivity index (χ4v) is 2.33. The van der Waals surface area contributed by atoms with Gasteiger partial charge in [-0.2, -0.15) is 4.37 Å². The fourth-order valence-electron chi connectivity index (χ4n) is 1.54. The van der Waals surface area contributed by atoms with Crippen LogP contribution in [0.5, 0.6) is 0 Å². The van der Waals surface area contributed by atoms with Crippen molar-refractivity contribution in [2.45, 2.75) is 25.7 Å². The van der Waals surface area contributed by atoms with Gasteiger partial charge in [0.15, 0.2) is 0 Å². The lowest BCUT2D eigenvalue weighted by atomic mass is 10.0. The molecule has 0 saturated carbocycles. The van der Waals surface area contributed by atoms with Crippen molar-refractivity contribution in [2.24, 2.45) is 0 Å². The molecule has 0 aliphatic carbocycles. The number of aryl methyl sites for hydroxylation is 1. The van der Waals surface area contributed by atoms with Gasteiger partial charge >= 0.3 is 0 Å². The van der Waals surface area contributed by atoms with Crippen LogP contribution in [-0.4, -0.2) is 22.4 Å². The third-order valence-corrected chi connectivity index (χ3v) is 3.16. The van der Waals surface area contributed by atoms with Crippen LogP contribution >= 0.6 is 23.9 Å². The Hall–Kier alpha value is -0.190. The second-order valence-electron chi connectivity index (χ2n) is 3.22. The van der Waals surface area contributed by atoms with Crippen LogP contribution in [-0.2, 0) is 0 Å². The van der Waals surface area contributed by atoms with Gasteiger partial charge in [-0.05, 0) is 37.8 Å². The second kappa shape index (κ2) is 4.88. The van der Waals surface area contributed by atoms with E-state index in [1.165, 1.54) is 17.8 Å². The summed E-state index contributed by atoms with van der Waals surface area (Å²) in [5.41, 5.74) is 0. The van der Waals surface area contributed by atoms with E-state index in [0.29, 0.717) is 5.92 Å². The van der Waals surface area contributed by atoms with Crippen LogP contribution in [0.3, 0.4) is 0 Å². The Kier molecular flexibility index (Phi) is 4.09. The van der Waals surface area contributed by atoms with Crippen LogP contribution < -0.4 is 5.32 Å². The molecule has 1 aromatic heterocycles. The van der Waals surface area contributed by atoms with Gasteiger partial charge in [0.2, 0.25) is 0 Å². The minimum atomic E-state index is 0. The summed E-state index contributed by atoms with van der Waals surface area (Å²) in [6.45, 7) is 4.19. The quantitative estimate of drug-likeness (QED) is 0.782. The van der Waals surface area contributed by atoms with Crippen LogP contribution in [0.15, 0.2) is 0 Å². The van der Waals surface area contributed by atoms with Crippen molar-refractivity contribution >= 4 is 23.9 Å². The smallest absolute Gasteiger partial charge is 0.139 e. The molecule has 1 aliphatic heterocycles. The first-order valence-corrected chi connectivity index (χ1v) is 5.14. The van der Waals surface area contributed by atoms with Crippen LogP contribution in [0.1, 0.15) is 29.6 Å². The van der Waals surface area contributed by atoms with E-state index in [2.05, 4.69) is 14.7 Å². The first-order valence-electron chi connectivity index (χ1n) is 4.37. The van der Waals surface area contributed by atoms with Gasteiger partial charge in [0.25, 0.3) is 0 Å². The molecule has 0 amide bonds. The van der Waals surface area contributed by atoms with E-state index >= 15 is 0 Å². The number of nitrogens with one attached hydrogen (secondary N) is 1. The zero-order valence-electron chi connectivity index (χ0n) is 7.62. The monoisotopic (exact) mass is 219 g/mol. The van der Waals surface area contributed by atoms with Gasteiger partial charge in [-0.15, -0.1) is 12.4 Å². The van der Waals surface area contributed by atoms with Crippen molar-refractivity contribution < 1.29 is 0 Å². The van der Waals surface area contributed by atoms with Crippen LogP contribution in [0.25, 0.3) is 0 Å². The average molecular weight is 220 g/mol. The van der Waals surface area contributed by atoms with E-state index in [-0.39, 0.29) is 12.4 Å². The minimum Gasteiger partial charge on any atom is -0.316 e. The Morgan fingerprint density at radius 1 is 1.54 bits per heavy atom. The van der Waals surface area contributed by atoms with Gasteiger partial charge in [0.05, 0.1) is 0 Å². The fraction of sp³-hybridized carbons (Fsp3) is 0.750. The number of aromatic nitrogens is 2. The summed E-state index contributed by atoms with van der Waals surface area (Å²) in [7, 11) is 0. The average Bonchev–Trinajstić information content (AvgIpc) is 2.54. The SMILES string of the molecule is Cc1nsc(C2CCCNC2)n1.Cl. The molecule has 74 valence electrons. The lowest BCUT2D eigenvalue weighted by Crippen LogP contribution is -2.28. The Labute approximate surface area is 88.5 Å². The van der Waals surface area contributed by atoms with Gasteiger partial charge in [0, 0.05) is 12.5 Å². The van der Waals surface area contributed by atoms with Crippen molar-refractivity contribution in [1.29, 1.82) is 0 Å². The van der Waals surface area contributed by atoms with Crippen molar-refractivity contribution in [2.75, 3.05) is 13.1 Å². The molecule has 0 spiro atoms. The van der Waals surface area contributed by atoms with E-state index in [9.17, 15) is 0 Å². The van der Waals surface area contributed by atoms with E-state index < -0.39 is 0 Å². The van der Waals surface area contributed by atoms with Gasteiger partial charge in [0.1, 0.15) is 10.8 Å². The third kappa shape index (κ3) is 2.62. The topological polar surface area (TPSA) is 37.8 Å². The minimum absolute atomic E-state index is 0. The van der Waals surface area contributed by atoms with Gasteiger partial charge in [-0.25, -0.2) is 4.98 Å². The summed E-state index contributed by atoms with van der Waals surface area (Å²) in [6.07, 6.45) is 2.53. The summed E-state index contributed by atoms with van der Waals surface area (Å²) < 4.78 is 4.19. The second-order valence-corrected chi connectivity index (χ2v) is 4.01. The number of hydrogen-bond donors (Lipinski definition) is 1. The maximum absolute atomic E-state index is 4.40. The maximum atomic E-state index is 4.40. The number of hydrogen-bond acceptors (Lipinski definition) is 4. The van der Waals surface area contributed by atoms with E-state index in [1.54, 1.807) is 11.5 Å². The van der Waals surface area contributed by atoms with E-state index in [0.717, 1.165) is 18.9 Å². The molecular formula is C8H14ClN3S. The molecular weight excluding hydrogens is 206 g/mol. The first-order chi connectivity index (χ1) is 5.86. The summed E-state index contributed by atoms with van der Waals surface area (Å²) >= 11 is 1.55. The molecule has 1 N–H and O–H groups in total. The third-order valence-electron chi connectivity index (χ3n) is 2.19. The highest BCUT2D eigenvalue weighted by atomic mass is 35.5. The molecule has 0 bridgehead atoms. The normalized spacial score (nSPS) is 22.4. The van der Waals surface area contributed by atoms with E-state index in [1.807, 2.05) is 6.92 Å². The standard InChI is InChI=1S/C8H13N3S.ClH/c1-6-10-8(12-11-6)7-3-2-4-9-5-7;/h7,9H,2-5H2,1H3;1H. The summed E-state index contributed by atoms with van der Waals surface area (Å²) in [5.74, 6) is 1.53. The number of rotatable bonds is 1. The Balaban J connectivity index is 0.000000845. The van der Waals surface area contributed by atoms with Crippen LogP contribution in [0.4, 0.5) is 0 Å². The molecule has 1 unspecified atom stereocenters. The molecule has 1 fully saturated rings. The molecule has 3 nitrogen and oxygen atoms in total. The molecule has 2 heterocycles.